The van der Waals surface area contributed by atoms with Crippen LogP contribution in [-0.2, 0) is 10.0 Å². The van der Waals surface area contributed by atoms with Crippen LogP contribution in [0.3, 0.4) is 0 Å². The summed E-state index contributed by atoms with van der Waals surface area (Å²) in [7, 11) is -3.70. The summed E-state index contributed by atoms with van der Waals surface area (Å²) in [6.45, 7) is 6.87. The molecule has 2 aliphatic rings. The molecule has 7 nitrogen and oxygen atoms in total. The number of fused-ring (bicyclic) bond motifs is 1. The van der Waals surface area contributed by atoms with Crippen LogP contribution in [-0.4, -0.2) is 42.2 Å². The van der Waals surface area contributed by atoms with E-state index in [0.717, 1.165) is 44.9 Å². The molecule has 1 aromatic carbocycles. The summed E-state index contributed by atoms with van der Waals surface area (Å²) >= 11 is 0. The highest BCUT2D eigenvalue weighted by Gasteiger charge is 2.33. The molecule has 1 amide bonds. The fourth-order valence-corrected chi connectivity index (χ4v) is 7.24. The molecule has 1 aliphatic heterocycles. The van der Waals surface area contributed by atoms with Gasteiger partial charge in [-0.05, 0) is 55.7 Å². The van der Waals surface area contributed by atoms with Crippen LogP contribution < -0.4 is 10.9 Å². The van der Waals surface area contributed by atoms with E-state index in [0.29, 0.717) is 29.3 Å². The largest absolute Gasteiger partial charge is 0.349 e. The summed E-state index contributed by atoms with van der Waals surface area (Å²) in [5.74, 6) is 0.542. The summed E-state index contributed by atoms with van der Waals surface area (Å²) in [6, 6.07) is 5.98. The number of hydrogen-bond donors (Lipinski definition) is 2. The number of rotatable bonds is 5. The smallest absolute Gasteiger partial charge is 0.252 e. The molecule has 180 valence electrons. The topological polar surface area (TPSA) is 99.3 Å². The first kappa shape index (κ1) is 24.0. The van der Waals surface area contributed by atoms with Gasteiger partial charge in [0.2, 0.25) is 15.6 Å². The number of hydrogen-bond acceptors (Lipinski definition) is 4. The SMILES string of the molecule is CCC1CCCCN1S(=O)(=O)c1ccc2[nH]c(=O)cc(C(=O)NC3CCCC(C)C3C)c2c1. The van der Waals surface area contributed by atoms with Crippen LogP contribution in [0.4, 0.5) is 0 Å². The number of benzene rings is 1. The minimum atomic E-state index is -3.70. The Hall–Kier alpha value is -2.19. The maximum atomic E-state index is 13.5. The Bertz CT molecular complexity index is 1190. The van der Waals surface area contributed by atoms with Crippen molar-refractivity contribution in [2.75, 3.05) is 6.54 Å². The number of amides is 1. The van der Waals surface area contributed by atoms with Gasteiger partial charge in [-0.2, -0.15) is 4.31 Å². The van der Waals surface area contributed by atoms with E-state index in [1.807, 2.05) is 6.92 Å². The predicted molar refractivity (Wildman–Crippen MR) is 130 cm³/mol. The van der Waals surface area contributed by atoms with Crippen LogP contribution in [0.15, 0.2) is 34.0 Å². The first-order valence-electron chi connectivity index (χ1n) is 12.2. The Morgan fingerprint density at radius 2 is 1.91 bits per heavy atom. The average molecular weight is 474 g/mol. The number of aromatic amines is 1. The molecule has 4 atom stereocenters. The van der Waals surface area contributed by atoms with Crippen molar-refractivity contribution in [2.24, 2.45) is 11.8 Å². The predicted octanol–water partition coefficient (Wildman–Crippen LogP) is 4.04. The lowest BCUT2D eigenvalue weighted by atomic mass is 9.78. The van der Waals surface area contributed by atoms with E-state index in [-0.39, 0.29) is 34.0 Å². The van der Waals surface area contributed by atoms with Gasteiger partial charge in [0, 0.05) is 35.6 Å². The van der Waals surface area contributed by atoms with Gasteiger partial charge >= 0.3 is 0 Å². The third-order valence-electron chi connectivity index (χ3n) is 7.73. The standard InChI is InChI=1S/C25H35N3O4S/c1-4-18-9-5-6-13-28(18)33(31,32)19-11-12-23-20(14-19)21(15-24(29)26-23)25(30)27-22-10-7-8-16(2)17(22)3/h11-12,14-18,22H,4-10,13H2,1-3H3,(H,26,29)(H,27,30). The van der Waals surface area contributed by atoms with Crippen molar-refractivity contribution in [3.05, 3.63) is 40.2 Å². The number of nitrogens with one attached hydrogen (secondary N) is 2. The Balaban J connectivity index is 1.71. The van der Waals surface area contributed by atoms with Crippen molar-refractivity contribution in [3.63, 3.8) is 0 Å². The number of nitrogens with zero attached hydrogens (tertiary/aromatic N) is 1. The number of carbonyl (C=O) groups excluding carboxylic acids is 1. The third kappa shape index (κ3) is 4.73. The summed E-state index contributed by atoms with van der Waals surface area (Å²) in [4.78, 5) is 28.4. The third-order valence-corrected chi connectivity index (χ3v) is 9.68. The number of sulfonamides is 1. The highest BCUT2D eigenvalue weighted by Crippen LogP contribution is 2.31. The second-order valence-electron chi connectivity index (χ2n) is 9.78. The Labute approximate surface area is 196 Å². The molecular weight excluding hydrogens is 438 g/mol. The second-order valence-corrected chi connectivity index (χ2v) is 11.7. The van der Waals surface area contributed by atoms with Gasteiger partial charge in [-0.15, -0.1) is 0 Å². The molecule has 1 aromatic heterocycles. The quantitative estimate of drug-likeness (QED) is 0.685. The fourth-order valence-electron chi connectivity index (χ4n) is 5.45. The molecule has 1 saturated carbocycles. The summed E-state index contributed by atoms with van der Waals surface area (Å²) in [6.07, 6.45) is 6.63. The monoisotopic (exact) mass is 473 g/mol. The molecule has 2 fully saturated rings. The number of aromatic nitrogens is 1. The van der Waals surface area contributed by atoms with Crippen molar-refractivity contribution in [2.45, 2.75) is 82.7 Å². The maximum absolute atomic E-state index is 13.5. The molecule has 2 aromatic rings. The molecule has 1 saturated heterocycles. The maximum Gasteiger partial charge on any atom is 0.252 e. The van der Waals surface area contributed by atoms with E-state index in [2.05, 4.69) is 24.1 Å². The highest BCUT2D eigenvalue weighted by molar-refractivity contribution is 7.89. The number of H-pyrrole nitrogens is 1. The number of carbonyl (C=O) groups is 1. The lowest BCUT2D eigenvalue weighted by molar-refractivity contribution is 0.0892. The molecule has 4 unspecified atom stereocenters. The lowest BCUT2D eigenvalue weighted by Crippen LogP contribution is -2.44. The zero-order chi connectivity index (χ0) is 23.8. The van der Waals surface area contributed by atoms with Crippen molar-refractivity contribution < 1.29 is 13.2 Å². The van der Waals surface area contributed by atoms with Gasteiger partial charge in [-0.25, -0.2) is 8.42 Å². The minimum absolute atomic E-state index is 0.00687. The normalized spacial score (nSPS) is 26.9. The van der Waals surface area contributed by atoms with Crippen LogP contribution in [0.2, 0.25) is 0 Å². The summed E-state index contributed by atoms with van der Waals surface area (Å²) in [5, 5.41) is 3.57. The number of piperidine rings is 1. The van der Waals surface area contributed by atoms with E-state index in [1.54, 1.807) is 16.4 Å². The van der Waals surface area contributed by atoms with Crippen LogP contribution in [0.1, 0.15) is 76.1 Å². The van der Waals surface area contributed by atoms with Crippen LogP contribution in [0.5, 0.6) is 0 Å². The van der Waals surface area contributed by atoms with Gasteiger partial charge < -0.3 is 10.3 Å². The lowest BCUT2D eigenvalue weighted by Gasteiger charge is -2.34. The molecule has 8 heteroatoms. The minimum Gasteiger partial charge on any atom is -0.349 e. The number of pyridine rings is 1. The van der Waals surface area contributed by atoms with Gasteiger partial charge in [0.15, 0.2) is 0 Å². The van der Waals surface area contributed by atoms with Crippen molar-refractivity contribution in [1.82, 2.24) is 14.6 Å². The zero-order valence-corrected chi connectivity index (χ0v) is 20.6. The van der Waals surface area contributed by atoms with E-state index in [4.69, 9.17) is 0 Å². The van der Waals surface area contributed by atoms with Crippen LogP contribution in [0, 0.1) is 11.8 Å². The van der Waals surface area contributed by atoms with E-state index >= 15 is 0 Å². The van der Waals surface area contributed by atoms with Gasteiger partial charge in [0.25, 0.3) is 5.91 Å². The summed E-state index contributed by atoms with van der Waals surface area (Å²) < 4.78 is 28.6. The molecule has 2 N–H and O–H groups in total. The van der Waals surface area contributed by atoms with Gasteiger partial charge in [-0.3, -0.25) is 9.59 Å². The Morgan fingerprint density at radius 1 is 1.12 bits per heavy atom. The fraction of sp³-hybridized carbons (Fsp3) is 0.600. The van der Waals surface area contributed by atoms with Crippen molar-refractivity contribution >= 4 is 26.8 Å². The van der Waals surface area contributed by atoms with E-state index < -0.39 is 10.0 Å². The Kier molecular flexibility index (Phi) is 6.96. The molecule has 2 heterocycles. The second kappa shape index (κ2) is 9.58. The van der Waals surface area contributed by atoms with Gasteiger partial charge in [0.1, 0.15) is 0 Å². The molecule has 0 radical (unpaired) electrons. The van der Waals surface area contributed by atoms with Crippen molar-refractivity contribution in [1.29, 1.82) is 0 Å². The first-order chi connectivity index (χ1) is 15.7. The average Bonchev–Trinajstić information content (AvgIpc) is 2.81. The van der Waals surface area contributed by atoms with E-state index in [9.17, 15) is 18.0 Å². The highest BCUT2D eigenvalue weighted by atomic mass is 32.2. The van der Waals surface area contributed by atoms with Crippen LogP contribution in [0.25, 0.3) is 10.9 Å². The first-order valence-corrected chi connectivity index (χ1v) is 13.7. The van der Waals surface area contributed by atoms with Crippen LogP contribution >= 0.6 is 0 Å². The Morgan fingerprint density at radius 3 is 2.67 bits per heavy atom. The van der Waals surface area contributed by atoms with Gasteiger partial charge in [-0.1, -0.05) is 40.0 Å². The molecular formula is C25H35N3O4S. The van der Waals surface area contributed by atoms with Crippen molar-refractivity contribution in [3.8, 4) is 0 Å². The molecule has 0 spiro atoms. The van der Waals surface area contributed by atoms with E-state index in [1.165, 1.54) is 12.1 Å². The molecule has 0 bridgehead atoms. The molecule has 4 rings (SSSR count). The van der Waals surface area contributed by atoms with Gasteiger partial charge in [0.05, 0.1) is 10.5 Å². The summed E-state index contributed by atoms with van der Waals surface area (Å²) in [5.41, 5.74) is 0.305. The molecule has 33 heavy (non-hydrogen) atoms. The zero-order valence-electron chi connectivity index (χ0n) is 19.8. The molecule has 1 aliphatic carbocycles.